The van der Waals surface area contributed by atoms with E-state index in [4.69, 9.17) is 0 Å². The van der Waals surface area contributed by atoms with Crippen LogP contribution in [0, 0.1) is 12.8 Å². The number of hydrogen-bond donors (Lipinski definition) is 1. The summed E-state index contributed by atoms with van der Waals surface area (Å²) >= 11 is 0. The second kappa shape index (κ2) is 7.33. The molecule has 1 aromatic rings. The summed E-state index contributed by atoms with van der Waals surface area (Å²) in [5.74, 6) is 0.448. The summed E-state index contributed by atoms with van der Waals surface area (Å²) in [5.41, 5.74) is 0.780. The van der Waals surface area contributed by atoms with Gasteiger partial charge in [0.05, 0.1) is 18.2 Å². The molecular weight excluding hydrogens is 280 g/mol. The number of aryl methyl sites for hydroxylation is 1. The summed E-state index contributed by atoms with van der Waals surface area (Å²) in [4.78, 5) is 34.5. The van der Waals surface area contributed by atoms with Crippen molar-refractivity contribution in [1.82, 2.24) is 20.2 Å². The van der Waals surface area contributed by atoms with E-state index in [-0.39, 0.29) is 23.8 Å². The van der Waals surface area contributed by atoms with Gasteiger partial charge in [0.1, 0.15) is 5.82 Å². The Morgan fingerprint density at radius 2 is 2.18 bits per heavy atom. The summed E-state index contributed by atoms with van der Waals surface area (Å²) < 4.78 is 0. The maximum atomic E-state index is 12.3. The van der Waals surface area contributed by atoms with E-state index in [0.29, 0.717) is 25.3 Å². The molecule has 1 unspecified atom stereocenters. The van der Waals surface area contributed by atoms with Crippen LogP contribution in [0.15, 0.2) is 12.3 Å². The lowest BCUT2D eigenvalue weighted by molar-refractivity contribution is -0.130. The second-order valence-corrected chi connectivity index (χ2v) is 5.73. The predicted octanol–water partition coefficient (Wildman–Crippen LogP) is 1.44. The fourth-order valence-electron chi connectivity index (χ4n) is 2.92. The third kappa shape index (κ3) is 3.81. The third-order valence-corrected chi connectivity index (χ3v) is 4.19. The Morgan fingerprint density at radius 1 is 1.45 bits per heavy atom. The lowest BCUT2D eigenvalue weighted by Crippen LogP contribution is -2.37. The van der Waals surface area contributed by atoms with Crippen molar-refractivity contribution in [3.8, 4) is 0 Å². The van der Waals surface area contributed by atoms with Crippen LogP contribution in [0.3, 0.4) is 0 Å². The second-order valence-electron chi connectivity index (χ2n) is 5.73. The number of amides is 2. The van der Waals surface area contributed by atoms with Crippen LogP contribution >= 0.6 is 0 Å². The largest absolute Gasteiger partial charge is 0.350 e. The highest BCUT2D eigenvalue weighted by Gasteiger charge is 2.36. The maximum Gasteiger partial charge on any atom is 0.225 e. The number of aromatic nitrogens is 2. The zero-order chi connectivity index (χ0) is 16.1. The van der Waals surface area contributed by atoms with E-state index < -0.39 is 0 Å². The molecular formula is C16H24N4O2. The molecule has 0 saturated carbocycles. The van der Waals surface area contributed by atoms with E-state index in [1.165, 1.54) is 0 Å². The molecule has 2 heterocycles. The number of carbonyl (C=O) groups is 2. The van der Waals surface area contributed by atoms with Crippen molar-refractivity contribution < 1.29 is 9.59 Å². The van der Waals surface area contributed by atoms with Gasteiger partial charge in [-0.1, -0.05) is 13.8 Å². The molecule has 2 amide bonds. The van der Waals surface area contributed by atoms with Gasteiger partial charge in [-0.3, -0.25) is 9.59 Å². The van der Waals surface area contributed by atoms with Gasteiger partial charge in [0.2, 0.25) is 11.8 Å². The van der Waals surface area contributed by atoms with Crippen LogP contribution in [0.1, 0.15) is 44.6 Å². The maximum absolute atomic E-state index is 12.3. The van der Waals surface area contributed by atoms with Gasteiger partial charge in [-0.15, -0.1) is 0 Å². The van der Waals surface area contributed by atoms with Crippen molar-refractivity contribution in [2.45, 2.75) is 52.6 Å². The molecule has 6 nitrogen and oxygen atoms in total. The van der Waals surface area contributed by atoms with Crippen molar-refractivity contribution in [3.63, 3.8) is 0 Å². The number of likely N-dealkylation sites (tertiary alicyclic amines) is 1. The summed E-state index contributed by atoms with van der Waals surface area (Å²) in [6, 6.07) is 2.03. The van der Waals surface area contributed by atoms with Gasteiger partial charge in [-0.05, 0) is 25.8 Å². The molecule has 1 N–H and O–H groups in total. The van der Waals surface area contributed by atoms with Crippen LogP contribution in [0.2, 0.25) is 0 Å². The van der Waals surface area contributed by atoms with E-state index in [1.807, 2.05) is 11.8 Å². The smallest absolute Gasteiger partial charge is 0.225 e. The average molecular weight is 304 g/mol. The van der Waals surface area contributed by atoms with Gasteiger partial charge in [0.25, 0.3) is 0 Å². The highest BCUT2D eigenvalue weighted by molar-refractivity contribution is 5.89. The Bertz CT molecular complexity index is 543. The minimum atomic E-state index is -0.254. The Balaban J connectivity index is 1.90. The normalized spacial score (nSPS) is 18.1. The monoisotopic (exact) mass is 304 g/mol. The Morgan fingerprint density at radius 3 is 2.82 bits per heavy atom. The van der Waals surface area contributed by atoms with Gasteiger partial charge in [-0.2, -0.15) is 0 Å². The predicted molar refractivity (Wildman–Crippen MR) is 82.8 cm³/mol. The summed E-state index contributed by atoms with van der Waals surface area (Å²) in [7, 11) is 0. The fourth-order valence-corrected chi connectivity index (χ4v) is 2.92. The molecule has 0 aromatic carbocycles. The topological polar surface area (TPSA) is 75.2 Å². The lowest BCUT2D eigenvalue weighted by Gasteiger charge is -2.26. The molecule has 6 heteroatoms. The van der Waals surface area contributed by atoms with Crippen LogP contribution in [0.25, 0.3) is 0 Å². The third-order valence-electron chi connectivity index (χ3n) is 4.19. The van der Waals surface area contributed by atoms with Crippen molar-refractivity contribution in [1.29, 1.82) is 0 Å². The van der Waals surface area contributed by atoms with Crippen molar-refractivity contribution >= 4 is 11.8 Å². The van der Waals surface area contributed by atoms with Gasteiger partial charge in [0, 0.05) is 25.2 Å². The molecule has 1 aliphatic rings. The molecule has 1 fully saturated rings. The molecule has 2 rings (SSSR count). The number of nitrogens with zero attached hydrogens (tertiary/aromatic N) is 3. The molecule has 1 aliphatic heterocycles. The Hall–Kier alpha value is -1.98. The minimum Gasteiger partial charge on any atom is -0.350 e. The molecule has 1 aromatic heterocycles. The summed E-state index contributed by atoms with van der Waals surface area (Å²) in [6.45, 7) is 6.87. The van der Waals surface area contributed by atoms with Crippen molar-refractivity contribution in [3.05, 3.63) is 23.8 Å². The minimum absolute atomic E-state index is 0.0712. The van der Waals surface area contributed by atoms with Crippen molar-refractivity contribution in [2.75, 3.05) is 6.54 Å². The Labute approximate surface area is 131 Å². The van der Waals surface area contributed by atoms with Crippen LogP contribution in [-0.2, 0) is 16.1 Å². The molecule has 22 heavy (non-hydrogen) atoms. The Kier molecular flexibility index (Phi) is 5.46. The molecule has 120 valence electrons. The van der Waals surface area contributed by atoms with Crippen LogP contribution in [0.4, 0.5) is 0 Å². The van der Waals surface area contributed by atoms with Gasteiger partial charge in [0.15, 0.2) is 0 Å². The van der Waals surface area contributed by atoms with Crippen LogP contribution in [-0.4, -0.2) is 39.3 Å². The number of carbonyl (C=O) groups excluding carboxylic acids is 2. The van der Waals surface area contributed by atoms with Gasteiger partial charge < -0.3 is 10.2 Å². The zero-order valence-electron chi connectivity index (χ0n) is 13.5. The molecule has 0 spiro atoms. The molecule has 0 aliphatic carbocycles. The first-order valence-corrected chi connectivity index (χ1v) is 7.90. The van der Waals surface area contributed by atoms with Gasteiger partial charge >= 0.3 is 0 Å². The van der Waals surface area contributed by atoms with Crippen molar-refractivity contribution in [2.24, 2.45) is 5.92 Å². The summed E-state index contributed by atoms with van der Waals surface area (Å²) in [5, 5.41) is 2.88. The van der Waals surface area contributed by atoms with Crippen LogP contribution < -0.4 is 5.32 Å². The lowest BCUT2D eigenvalue weighted by atomic mass is 10.1. The fraction of sp³-hybridized carbons (Fsp3) is 0.625. The molecule has 1 atom stereocenters. The van der Waals surface area contributed by atoms with E-state index in [1.54, 1.807) is 12.3 Å². The first-order chi connectivity index (χ1) is 10.5. The zero-order valence-corrected chi connectivity index (χ0v) is 13.5. The van der Waals surface area contributed by atoms with E-state index in [2.05, 4.69) is 29.1 Å². The summed E-state index contributed by atoms with van der Waals surface area (Å²) in [6.07, 6.45) is 3.84. The van der Waals surface area contributed by atoms with E-state index in [9.17, 15) is 9.59 Å². The quantitative estimate of drug-likeness (QED) is 0.863. The average Bonchev–Trinajstić information content (AvgIpc) is 2.88. The highest BCUT2D eigenvalue weighted by atomic mass is 16.2. The number of rotatable bonds is 6. The van der Waals surface area contributed by atoms with Crippen LogP contribution in [0.5, 0.6) is 0 Å². The standard InChI is InChI=1S/C16H24N4O2/c1-4-14(5-2)20-10-12(8-15(20)21)16(22)18-9-13-6-7-17-11(3)19-13/h6-7,12,14H,4-5,8-10H2,1-3H3,(H,18,22). The first kappa shape index (κ1) is 16.4. The molecule has 1 saturated heterocycles. The molecule has 0 bridgehead atoms. The number of nitrogens with one attached hydrogen (secondary N) is 1. The van der Waals surface area contributed by atoms with E-state index in [0.717, 1.165) is 18.5 Å². The van der Waals surface area contributed by atoms with E-state index >= 15 is 0 Å². The number of hydrogen-bond acceptors (Lipinski definition) is 4. The molecule has 0 radical (unpaired) electrons. The highest BCUT2D eigenvalue weighted by Crippen LogP contribution is 2.23. The SMILES string of the molecule is CCC(CC)N1CC(C(=O)NCc2ccnc(C)n2)CC1=O. The first-order valence-electron chi connectivity index (χ1n) is 7.90. The van der Waals surface area contributed by atoms with Gasteiger partial charge in [-0.25, -0.2) is 9.97 Å².